The molecule has 0 bridgehead atoms. The molecular formula is C33H47NO8Si2. The summed E-state index contributed by atoms with van der Waals surface area (Å²) in [4.78, 5) is 15.5. The minimum Gasteiger partial charge on any atom is -0.423 e. The minimum atomic E-state index is -2.78. The number of benzene rings is 2. The van der Waals surface area contributed by atoms with Crippen molar-refractivity contribution >= 4 is 29.3 Å². The molecule has 44 heavy (non-hydrogen) atoms. The highest BCUT2D eigenvalue weighted by molar-refractivity contribution is 6.64. The average molecular weight is 642 g/mol. The van der Waals surface area contributed by atoms with Crippen LogP contribution in [0.15, 0.2) is 54.6 Å². The lowest BCUT2D eigenvalue weighted by atomic mass is 10.1. The van der Waals surface area contributed by atoms with Crippen LogP contribution < -0.4 is 9.64 Å². The lowest BCUT2D eigenvalue weighted by Crippen LogP contribution is -2.53. The van der Waals surface area contributed by atoms with Crippen molar-refractivity contribution in [1.82, 2.24) is 0 Å². The molecule has 0 aliphatic heterocycles. The summed E-state index contributed by atoms with van der Waals surface area (Å²) in [5, 5.41) is 0. The van der Waals surface area contributed by atoms with Crippen molar-refractivity contribution in [3.63, 3.8) is 0 Å². The molecule has 11 heteroatoms. The molecule has 9 nitrogen and oxygen atoms in total. The Kier molecular flexibility index (Phi) is 9.38. The van der Waals surface area contributed by atoms with Gasteiger partial charge in [0.15, 0.2) is 0 Å². The summed E-state index contributed by atoms with van der Waals surface area (Å²) in [5.74, 6) is 2.04. The highest BCUT2D eigenvalue weighted by Crippen LogP contribution is 2.83. The number of anilines is 1. The first kappa shape index (κ1) is 31.9. The molecule has 0 saturated heterocycles. The zero-order chi connectivity index (χ0) is 31.1. The molecule has 0 amide bonds. The van der Waals surface area contributed by atoms with Gasteiger partial charge in [-0.05, 0) is 89.5 Å². The number of carbonyl (C=O) groups is 1. The Balaban J connectivity index is 1.24. The molecule has 4 fully saturated rings. The van der Waals surface area contributed by atoms with Gasteiger partial charge >= 0.3 is 23.6 Å². The Morgan fingerprint density at radius 1 is 0.614 bits per heavy atom. The van der Waals surface area contributed by atoms with Crippen LogP contribution in [0.1, 0.15) is 51.9 Å². The van der Waals surface area contributed by atoms with Crippen molar-refractivity contribution < 1.29 is 36.1 Å². The van der Waals surface area contributed by atoms with Crippen LogP contribution >= 0.6 is 0 Å². The average Bonchev–Trinajstić information content (AvgIpc) is 3.86. The van der Waals surface area contributed by atoms with Crippen molar-refractivity contribution in [1.29, 1.82) is 0 Å². The standard InChI is InChI=1S/C33H47NO8Si2/c1-7-36-43(37-8-2,38-9-3)31-25-26(31)29(25)34(30-27-28(30)32(27)44(39-10-4,40-11-5)41-12-6)23-19-16-20-24(21-23)42-33(35)22-17-14-13-15-18-22/h13-21,25-32H,7-12H2,1-6H3. The lowest BCUT2D eigenvalue weighted by Gasteiger charge is -2.39. The van der Waals surface area contributed by atoms with Gasteiger partial charge in [-0.15, -0.1) is 0 Å². The zero-order valence-electron chi connectivity index (χ0n) is 26.8. The lowest BCUT2D eigenvalue weighted by molar-refractivity contribution is 0.0634. The van der Waals surface area contributed by atoms with Crippen LogP contribution in [0.2, 0.25) is 11.1 Å². The Labute approximate surface area is 263 Å². The maximum absolute atomic E-state index is 12.9. The van der Waals surface area contributed by atoms with Gasteiger partial charge in [-0.2, -0.15) is 0 Å². The fourth-order valence-corrected chi connectivity index (χ4v) is 15.1. The van der Waals surface area contributed by atoms with E-state index in [1.54, 1.807) is 12.1 Å². The summed E-state index contributed by atoms with van der Waals surface area (Å²) >= 11 is 0. The van der Waals surface area contributed by atoms with Crippen LogP contribution in [0.4, 0.5) is 5.69 Å². The molecule has 4 aliphatic rings. The fraction of sp³-hybridized carbons (Fsp3) is 0.606. The largest absolute Gasteiger partial charge is 0.504 e. The number of nitrogens with zero attached hydrogens (tertiary/aromatic N) is 1. The summed E-state index contributed by atoms with van der Waals surface area (Å²) in [6.45, 7) is 15.6. The second-order valence-corrected chi connectivity index (χ2v) is 17.3. The van der Waals surface area contributed by atoms with Crippen LogP contribution in [0, 0.1) is 23.7 Å². The Morgan fingerprint density at radius 3 is 1.45 bits per heavy atom. The Hall–Kier alpha value is -2.10. The molecule has 0 radical (unpaired) electrons. The van der Waals surface area contributed by atoms with Gasteiger partial charge in [-0.25, -0.2) is 4.79 Å². The molecule has 4 aliphatic carbocycles. The molecule has 0 spiro atoms. The first-order chi connectivity index (χ1) is 21.5. The van der Waals surface area contributed by atoms with Crippen molar-refractivity contribution in [2.45, 2.75) is 64.7 Å². The third-order valence-corrected chi connectivity index (χ3v) is 16.7. The first-order valence-corrected chi connectivity index (χ1v) is 20.0. The van der Waals surface area contributed by atoms with Crippen LogP contribution in [0.3, 0.4) is 0 Å². The predicted molar refractivity (Wildman–Crippen MR) is 171 cm³/mol. The van der Waals surface area contributed by atoms with E-state index < -0.39 is 17.6 Å². The van der Waals surface area contributed by atoms with E-state index in [9.17, 15) is 4.79 Å². The van der Waals surface area contributed by atoms with Crippen molar-refractivity contribution in [3.8, 4) is 5.75 Å². The quantitative estimate of drug-likeness (QED) is 0.107. The van der Waals surface area contributed by atoms with Crippen molar-refractivity contribution in [2.75, 3.05) is 44.5 Å². The van der Waals surface area contributed by atoms with Gasteiger partial charge in [0.05, 0.1) is 5.56 Å². The van der Waals surface area contributed by atoms with E-state index in [1.807, 2.05) is 77.9 Å². The molecule has 2 aromatic carbocycles. The van der Waals surface area contributed by atoms with Crippen molar-refractivity contribution in [2.24, 2.45) is 23.7 Å². The number of hydrogen-bond acceptors (Lipinski definition) is 9. The fourth-order valence-electron chi connectivity index (χ4n) is 7.67. The summed E-state index contributed by atoms with van der Waals surface area (Å²) in [6.07, 6.45) is 0. The topological polar surface area (TPSA) is 84.9 Å². The maximum Gasteiger partial charge on any atom is 0.504 e. The van der Waals surface area contributed by atoms with Gasteiger partial charge in [0.2, 0.25) is 0 Å². The molecule has 0 N–H and O–H groups in total. The van der Waals surface area contributed by atoms with E-state index >= 15 is 0 Å². The normalized spacial score (nSPS) is 29.4. The van der Waals surface area contributed by atoms with E-state index in [0.29, 0.717) is 97.8 Å². The molecule has 4 unspecified atom stereocenters. The number of ether oxygens (including phenoxy) is 1. The van der Waals surface area contributed by atoms with Crippen LogP contribution in [-0.4, -0.2) is 75.3 Å². The second kappa shape index (κ2) is 13.0. The van der Waals surface area contributed by atoms with E-state index in [2.05, 4.69) is 11.0 Å². The summed E-state index contributed by atoms with van der Waals surface area (Å²) in [5.41, 5.74) is 2.25. The highest BCUT2D eigenvalue weighted by Gasteiger charge is 2.90. The number of hydrogen-bond donors (Lipinski definition) is 0. The maximum atomic E-state index is 12.9. The van der Waals surface area contributed by atoms with Crippen LogP contribution in [0.5, 0.6) is 5.75 Å². The molecule has 240 valence electrons. The van der Waals surface area contributed by atoms with Crippen LogP contribution in [0.25, 0.3) is 0 Å². The predicted octanol–water partition coefficient (Wildman–Crippen LogP) is 5.81. The van der Waals surface area contributed by atoms with Gasteiger partial charge in [0, 0.05) is 74.6 Å². The van der Waals surface area contributed by atoms with E-state index in [4.69, 9.17) is 31.3 Å². The third kappa shape index (κ3) is 5.59. The molecule has 6 rings (SSSR count). The Morgan fingerprint density at radius 2 is 1.05 bits per heavy atom. The number of carbonyl (C=O) groups excluding carboxylic acids is 1. The van der Waals surface area contributed by atoms with E-state index in [-0.39, 0.29) is 5.97 Å². The third-order valence-electron chi connectivity index (χ3n) is 9.43. The highest BCUT2D eigenvalue weighted by atomic mass is 28.4. The summed E-state index contributed by atoms with van der Waals surface area (Å²) in [7, 11) is -5.56. The van der Waals surface area contributed by atoms with Crippen molar-refractivity contribution in [3.05, 3.63) is 60.2 Å². The smallest absolute Gasteiger partial charge is 0.423 e. The summed E-state index contributed by atoms with van der Waals surface area (Å²) in [6, 6.07) is 17.8. The van der Waals surface area contributed by atoms with Gasteiger partial charge in [-0.3, -0.25) is 0 Å². The molecule has 4 saturated carbocycles. The van der Waals surface area contributed by atoms with Gasteiger partial charge in [0.1, 0.15) is 5.75 Å². The zero-order valence-corrected chi connectivity index (χ0v) is 28.8. The van der Waals surface area contributed by atoms with E-state index in [1.165, 1.54) is 0 Å². The number of fused-ring (bicyclic) bond motifs is 2. The molecule has 0 heterocycles. The molecular weight excluding hydrogens is 595 g/mol. The molecule has 4 atom stereocenters. The summed E-state index contributed by atoms with van der Waals surface area (Å²) < 4.78 is 43.6. The van der Waals surface area contributed by atoms with Gasteiger partial charge in [0.25, 0.3) is 0 Å². The molecule has 0 aromatic heterocycles. The first-order valence-electron chi connectivity index (χ1n) is 16.4. The second-order valence-electron chi connectivity index (χ2n) is 11.8. The number of rotatable bonds is 19. The monoisotopic (exact) mass is 641 g/mol. The van der Waals surface area contributed by atoms with Crippen LogP contribution in [-0.2, 0) is 26.6 Å². The minimum absolute atomic E-state index is 0.323. The van der Waals surface area contributed by atoms with Gasteiger partial charge in [-0.1, -0.05) is 24.3 Å². The van der Waals surface area contributed by atoms with Gasteiger partial charge < -0.3 is 36.2 Å². The Bertz CT molecular complexity index is 1200. The molecule has 2 aromatic rings. The number of esters is 1. The van der Waals surface area contributed by atoms with E-state index in [0.717, 1.165) is 5.69 Å². The SMILES string of the molecule is CCO[Si](OCC)(OCC)C1C2C1C2N(c1cccc(OC(=O)c2ccccc2)c1)C1C2C1C2[Si](OCC)(OCC)OCC.